The lowest BCUT2D eigenvalue weighted by Gasteiger charge is -2.05. The van der Waals surface area contributed by atoms with Gasteiger partial charge in [0.2, 0.25) is 0 Å². The van der Waals surface area contributed by atoms with E-state index in [1.54, 1.807) is 0 Å². The van der Waals surface area contributed by atoms with E-state index in [2.05, 4.69) is 10.4 Å². The van der Waals surface area contributed by atoms with Crippen molar-refractivity contribution in [3.05, 3.63) is 47.3 Å². The van der Waals surface area contributed by atoms with Gasteiger partial charge in [-0.2, -0.15) is 5.10 Å². The van der Waals surface area contributed by atoms with Gasteiger partial charge in [-0.3, -0.25) is 9.48 Å². The van der Waals surface area contributed by atoms with Gasteiger partial charge in [-0.05, 0) is 24.1 Å². The second-order valence-electron chi connectivity index (χ2n) is 5.68. The third kappa shape index (κ3) is 4.15. The summed E-state index contributed by atoms with van der Waals surface area (Å²) in [6.45, 7) is 4.27. The molecule has 1 amide bonds. The van der Waals surface area contributed by atoms with Crippen molar-refractivity contribution in [1.29, 1.82) is 0 Å². The first-order valence-electron chi connectivity index (χ1n) is 7.28. The van der Waals surface area contributed by atoms with Crippen LogP contribution in [0.25, 0.3) is 0 Å². The Hall–Kier alpha value is -2.77. The molecular formula is C16H17F2N3O3. The van der Waals surface area contributed by atoms with E-state index in [9.17, 15) is 18.4 Å². The molecule has 6 nitrogen and oxygen atoms in total. The maximum absolute atomic E-state index is 13.1. The van der Waals surface area contributed by atoms with Gasteiger partial charge in [-0.15, -0.1) is 0 Å². The molecular weight excluding hydrogens is 320 g/mol. The number of aromatic nitrogens is 2. The summed E-state index contributed by atoms with van der Waals surface area (Å²) in [5, 5.41) is 15.1. The van der Waals surface area contributed by atoms with Crippen LogP contribution in [0.15, 0.2) is 30.5 Å². The van der Waals surface area contributed by atoms with Gasteiger partial charge >= 0.3 is 5.97 Å². The number of carbonyl (C=O) groups is 2. The van der Waals surface area contributed by atoms with E-state index in [1.807, 2.05) is 13.8 Å². The van der Waals surface area contributed by atoms with Crippen molar-refractivity contribution in [2.24, 2.45) is 5.92 Å². The largest absolute Gasteiger partial charge is 0.478 e. The third-order valence-electron chi connectivity index (χ3n) is 3.17. The fourth-order valence-electron chi connectivity index (χ4n) is 2.15. The van der Waals surface area contributed by atoms with Gasteiger partial charge in [-0.1, -0.05) is 19.9 Å². The minimum Gasteiger partial charge on any atom is -0.478 e. The number of carboxylic acid groups (broad SMARTS) is 1. The molecule has 0 saturated carbocycles. The number of benzene rings is 1. The molecule has 0 spiro atoms. The number of carboxylic acids is 1. The Kier molecular flexibility index (Phi) is 5.28. The number of aromatic carboxylic acids is 1. The van der Waals surface area contributed by atoms with Crippen LogP contribution in [0.2, 0.25) is 0 Å². The van der Waals surface area contributed by atoms with Crippen molar-refractivity contribution in [2.75, 3.05) is 5.32 Å². The predicted octanol–water partition coefficient (Wildman–Crippen LogP) is 3.43. The van der Waals surface area contributed by atoms with Gasteiger partial charge in [0.05, 0.1) is 11.3 Å². The topological polar surface area (TPSA) is 84.2 Å². The number of hydrogen-bond acceptors (Lipinski definition) is 3. The monoisotopic (exact) mass is 337 g/mol. The molecule has 2 aromatic rings. The molecule has 128 valence electrons. The second kappa shape index (κ2) is 7.20. The zero-order valence-corrected chi connectivity index (χ0v) is 13.2. The Morgan fingerprint density at radius 1 is 1.29 bits per heavy atom. The fraction of sp³-hybridized carbons (Fsp3) is 0.312. The van der Waals surface area contributed by atoms with Crippen LogP contribution < -0.4 is 5.32 Å². The highest BCUT2D eigenvalue weighted by Crippen LogP contribution is 2.26. The van der Waals surface area contributed by atoms with Gasteiger partial charge in [0.25, 0.3) is 12.3 Å². The van der Waals surface area contributed by atoms with E-state index in [0.717, 1.165) is 0 Å². The van der Waals surface area contributed by atoms with Gasteiger partial charge in [-0.25, -0.2) is 13.6 Å². The molecule has 0 aliphatic heterocycles. The maximum Gasteiger partial charge on any atom is 0.335 e. The normalized spacial score (nSPS) is 11.1. The van der Waals surface area contributed by atoms with E-state index >= 15 is 0 Å². The SMILES string of the molecule is CC(C)Cn1cc(NC(=O)c2cccc(C(=O)O)c2)c(C(F)F)n1. The third-order valence-corrected chi connectivity index (χ3v) is 3.17. The highest BCUT2D eigenvalue weighted by atomic mass is 19.3. The quantitative estimate of drug-likeness (QED) is 0.846. The molecule has 0 saturated heterocycles. The molecule has 2 N–H and O–H groups in total. The first-order valence-corrected chi connectivity index (χ1v) is 7.28. The van der Waals surface area contributed by atoms with Crippen LogP contribution in [0.4, 0.5) is 14.5 Å². The molecule has 0 radical (unpaired) electrons. The minimum atomic E-state index is -2.83. The highest BCUT2D eigenvalue weighted by molar-refractivity contribution is 6.05. The molecule has 0 fully saturated rings. The Bertz CT molecular complexity index is 757. The number of hydrogen-bond donors (Lipinski definition) is 2. The Labute approximate surface area is 137 Å². The zero-order valence-electron chi connectivity index (χ0n) is 13.2. The number of carbonyl (C=O) groups excluding carboxylic acids is 1. The molecule has 0 atom stereocenters. The lowest BCUT2D eigenvalue weighted by atomic mass is 10.1. The van der Waals surface area contributed by atoms with Crippen LogP contribution in [0.3, 0.4) is 0 Å². The van der Waals surface area contributed by atoms with Crippen LogP contribution in [-0.2, 0) is 6.54 Å². The molecule has 0 aliphatic carbocycles. The van der Waals surface area contributed by atoms with Crippen molar-refractivity contribution >= 4 is 17.6 Å². The summed E-state index contributed by atoms with van der Waals surface area (Å²) in [4.78, 5) is 23.1. The number of anilines is 1. The van der Waals surface area contributed by atoms with Crippen molar-refractivity contribution in [3.63, 3.8) is 0 Å². The number of amides is 1. The second-order valence-corrected chi connectivity index (χ2v) is 5.68. The van der Waals surface area contributed by atoms with Crippen molar-refractivity contribution in [1.82, 2.24) is 9.78 Å². The van der Waals surface area contributed by atoms with E-state index in [1.165, 1.54) is 35.1 Å². The summed E-state index contributed by atoms with van der Waals surface area (Å²) in [5.74, 6) is -1.65. The van der Waals surface area contributed by atoms with Crippen LogP contribution in [0.5, 0.6) is 0 Å². The fourth-order valence-corrected chi connectivity index (χ4v) is 2.15. The van der Waals surface area contributed by atoms with E-state index in [0.29, 0.717) is 6.54 Å². The van der Waals surface area contributed by atoms with Crippen molar-refractivity contribution < 1.29 is 23.5 Å². The Balaban J connectivity index is 2.26. The van der Waals surface area contributed by atoms with Crippen LogP contribution in [0.1, 0.15) is 46.7 Å². The molecule has 24 heavy (non-hydrogen) atoms. The number of nitrogens with one attached hydrogen (secondary N) is 1. The number of nitrogens with zero attached hydrogens (tertiary/aromatic N) is 2. The van der Waals surface area contributed by atoms with E-state index < -0.39 is 24.0 Å². The van der Waals surface area contributed by atoms with Gasteiger partial charge in [0, 0.05) is 18.3 Å². The summed E-state index contributed by atoms with van der Waals surface area (Å²) >= 11 is 0. The molecule has 0 bridgehead atoms. The number of halogens is 2. The first kappa shape index (κ1) is 17.6. The summed E-state index contributed by atoms with van der Waals surface area (Å²) in [6.07, 6.45) is -1.49. The smallest absolute Gasteiger partial charge is 0.335 e. The lowest BCUT2D eigenvalue weighted by molar-refractivity contribution is 0.0697. The summed E-state index contributed by atoms with van der Waals surface area (Å²) in [5.41, 5.74) is -0.603. The van der Waals surface area contributed by atoms with Crippen molar-refractivity contribution in [3.8, 4) is 0 Å². The molecule has 0 aliphatic rings. The van der Waals surface area contributed by atoms with Crippen LogP contribution in [-0.4, -0.2) is 26.8 Å². The molecule has 1 heterocycles. The number of alkyl halides is 2. The standard InChI is InChI=1S/C16H17F2N3O3/c1-9(2)7-21-8-12(13(20-21)14(17)18)19-15(22)10-4-3-5-11(6-10)16(23)24/h3-6,8-9,14H,7H2,1-2H3,(H,19,22)(H,23,24). The van der Waals surface area contributed by atoms with Gasteiger partial charge < -0.3 is 10.4 Å². The van der Waals surface area contributed by atoms with E-state index in [4.69, 9.17) is 5.11 Å². The van der Waals surface area contributed by atoms with Crippen LogP contribution in [0, 0.1) is 5.92 Å². The molecule has 1 aromatic carbocycles. The summed E-state index contributed by atoms with van der Waals surface area (Å²) in [7, 11) is 0. The van der Waals surface area contributed by atoms with E-state index in [-0.39, 0.29) is 22.7 Å². The minimum absolute atomic E-state index is 0.0618. The summed E-state index contributed by atoms with van der Waals surface area (Å²) < 4.78 is 27.5. The average molecular weight is 337 g/mol. The number of rotatable bonds is 6. The molecule has 2 rings (SSSR count). The Morgan fingerprint density at radius 2 is 1.96 bits per heavy atom. The average Bonchev–Trinajstić information content (AvgIpc) is 2.89. The zero-order chi connectivity index (χ0) is 17.9. The van der Waals surface area contributed by atoms with Gasteiger partial charge in [0.1, 0.15) is 0 Å². The van der Waals surface area contributed by atoms with Gasteiger partial charge in [0.15, 0.2) is 5.69 Å². The highest BCUT2D eigenvalue weighted by Gasteiger charge is 2.21. The Morgan fingerprint density at radius 3 is 2.54 bits per heavy atom. The molecule has 8 heteroatoms. The molecule has 1 aromatic heterocycles. The predicted molar refractivity (Wildman–Crippen MR) is 83.4 cm³/mol. The molecule has 0 unspecified atom stereocenters. The van der Waals surface area contributed by atoms with Crippen molar-refractivity contribution in [2.45, 2.75) is 26.8 Å². The lowest BCUT2D eigenvalue weighted by Crippen LogP contribution is -2.13. The maximum atomic E-state index is 13.1. The van der Waals surface area contributed by atoms with Crippen LogP contribution >= 0.6 is 0 Å². The summed E-state index contributed by atoms with van der Waals surface area (Å²) in [6, 6.07) is 5.33. The first-order chi connectivity index (χ1) is 11.3.